The second kappa shape index (κ2) is 6.83. The predicted molar refractivity (Wildman–Crippen MR) is 92.0 cm³/mol. The van der Waals surface area contributed by atoms with Gasteiger partial charge in [0.25, 0.3) is 0 Å². The lowest BCUT2D eigenvalue weighted by Gasteiger charge is -2.42. The third-order valence-electron chi connectivity index (χ3n) is 5.11. The number of rotatable bonds is 4. The summed E-state index contributed by atoms with van der Waals surface area (Å²) in [5.41, 5.74) is 1.20. The Kier molecular flexibility index (Phi) is 4.81. The highest BCUT2D eigenvalue weighted by Gasteiger charge is 2.36. The molecule has 1 saturated heterocycles. The van der Waals surface area contributed by atoms with Crippen molar-refractivity contribution in [3.05, 3.63) is 71.8 Å². The van der Waals surface area contributed by atoms with Gasteiger partial charge in [0.2, 0.25) is 0 Å². The first-order valence-corrected chi connectivity index (χ1v) is 8.35. The average molecular weight is 311 g/mol. The van der Waals surface area contributed by atoms with E-state index in [-0.39, 0.29) is 6.04 Å². The quantitative estimate of drug-likeness (QED) is 0.912. The molecule has 1 aliphatic rings. The van der Waals surface area contributed by atoms with E-state index in [2.05, 4.69) is 11.8 Å². The van der Waals surface area contributed by atoms with Crippen molar-refractivity contribution in [2.75, 3.05) is 13.1 Å². The Morgan fingerprint density at radius 3 is 2.00 bits per heavy atom. The molecule has 1 aliphatic heterocycles. The lowest BCUT2D eigenvalue weighted by atomic mass is 9.83. The number of aliphatic hydroxyl groups excluding tert-OH is 1. The highest BCUT2D eigenvalue weighted by atomic mass is 16.3. The number of benzene rings is 2. The highest BCUT2D eigenvalue weighted by Crippen LogP contribution is 2.34. The predicted octanol–water partition coefficient (Wildman–Crippen LogP) is 3.09. The minimum Gasteiger partial charge on any atom is -0.387 e. The number of hydrogen-bond donors (Lipinski definition) is 2. The monoisotopic (exact) mass is 311 g/mol. The van der Waals surface area contributed by atoms with Crippen molar-refractivity contribution in [3.8, 4) is 0 Å². The summed E-state index contributed by atoms with van der Waals surface area (Å²) in [5, 5.41) is 21.5. The van der Waals surface area contributed by atoms with Gasteiger partial charge < -0.3 is 10.2 Å². The van der Waals surface area contributed by atoms with Gasteiger partial charge in [-0.05, 0) is 30.9 Å². The van der Waals surface area contributed by atoms with Crippen LogP contribution in [0.5, 0.6) is 0 Å². The minimum absolute atomic E-state index is 0.0396. The van der Waals surface area contributed by atoms with Crippen molar-refractivity contribution in [2.45, 2.75) is 37.5 Å². The Hall–Kier alpha value is -1.68. The highest BCUT2D eigenvalue weighted by molar-refractivity contribution is 5.23. The average Bonchev–Trinajstić information content (AvgIpc) is 2.63. The topological polar surface area (TPSA) is 43.7 Å². The smallest absolute Gasteiger partial charge is 0.0942 e. The molecule has 0 spiro atoms. The van der Waals surface area contributed by atoms with Gasteiger partial charge in [-0.1, -0.05) is 60.7 Å². The van der Waals surface area contributed by atoms with Gasteiger partial charge in [-0.3, -0.25) is 4.90 Å². The van der Waals surface area contributed by atoms with Crippen LogP contribution >= 0.6 is 0 Å². The number of hydrogen-bond acceptors (Lipinski definition) is 3. The van der Waals surface area contributed by atoms with Crippen LogP contribution in [-0.2, 0) is 5.60 Å². The Balaban J connectivity index is 1.65. The standard InChI is InChI=1S/C20H25NO2/c1-16(19(22)17-8-4-2-5-9-17)21-14-12-20(23,13-15-21)18-10-6-3-7-11-18/h2-11,16,19,22-23H,12-15H2,1H3/t16-,19-/m1/s1. The van der Waals surface area contributed by atoms with Gasteiger partial charge in [0, 0.05) is 19.1 Å². The van der Waals surface area contributed by atoms with Crippen molar-refractivity contribution < 1.29 is 10.2 Å². The second-order valence-electron chi connectivity index (χ2n) is 6.53. The Bertz CT molecular complexity index is 606. The van der Waals surface area contributed by atoms with E-state index in [1.165, 1.54) is 0 Å². The summed E-state index contributed by atoms with van der Waals surface area (Å²) in [6, 6.07) is 19.8. The van der Waals surface area contributed by atoms with Crippen LogP contribution in [0.4, 0.5) is 0 Å². The molecular formula is C20H25NO2. The molecule has 2 aromatic rings. The summed E-state index contributed by atoms with van der Waals surface area (Å²) in [4.78, 5) is 2.27. The summed E-state index contributed by atoms with van der Waals surface area (Å²) in [6.45, 7) is 3.64. The molecule has 2 N–H and O–H groups in total. The van der Waals surface area contributed by atoms with Gasteiger partial charge >= 0.3 is 0 Å². The molecule has 3 nitrogen and oxygen atoms in total. The van der Waals surface area contributed by atoms with Crippen LogP contribution in [0.2, 0.25) is 0 Å². The zero-order chi connectivity index (χ0) is 16.3. The molecule has 2 atom stereocenters. The molecule has 0 saturated carbocycles. The first-order chi connectivity index (χ1) is 11.1. The van der Waals surface area contributed by atoms with E-state index in [4.69, 9.17) is 0 Å². The summed E-state index contributed by atoms with van der Waals surface area (Å²) < 4.78 is 0. The van der Waals surface area contributed by atoms with Crippen LogP contribution < -0.4 is 0 Å². The maximum Gasteiger partial charge on any atom is 0.0942 e. The molecule has 1 fully saturated rings. The van der Waals surface area contributed by atoms with E-state index in [1.807, 2.05) is 60.7 Å². The molecule has 0 aromatic heterocycles. The molecule has 0 unspecified atom stereocenters. The summed E-state index contributed by atoms with van der Waals surface area (Å²) in [6.07, 6.45) is 0.894. The Morgan fingerprint density at radius 1 is 0.913 bits per heavy atom. The van der Waals surface area contributed by atoms with Crippen LogP contribution in [0.1, 0.15) is 37.0 Å². The molecular weight excluding hydrogens is 286 g/mol. The summed E-state index contributed by atoms with van der Waals surface area (Å²) in [7, 11) is 0. The van der Waals surface area contributed by atoms with Crippen molar-refractivity contribution in [1.82, 2.24) is 4.90 Å². The number of likely N-dealkylation sites (tertiary alicyclic amines) is 1. The third kappa shape index (κ3) is 3.47. The van der Waals surface area contributed by atoms with Gasteiger partial charge in [-0.25, -0.2) is 0 Å². The van der Waals surface area contributed by atoms with Gasteiger partial charge in [-0.15, -0.1) is 0 Å². The molecule has 0 radical (unpaired) electrons. The number of aliphatic hydroxyl groups is 2. The van der Waals surface area contributed by atoms with Crippen LogP contribution in [-0.4, -0.2) is 34.2 Å². The van der Waals surface area contributed by atoms with Crippen molar-refractivity contribution >= 4 is 0 Å². The molecule has 0 amide bonds. The summed E-state index contributed by atoms with van der Waals surface area (Å²) in [5.74, 6) is 0. The van der Waals surface area contributed by atoms with Gasteiger partial charge in [0.05, 0.1) is 11.7 Å². The molecule has 3 heteroatoms. The second-order valence-corrected chi connectivity index (χ2v) is 6.53. The van der Waals surface area contributed by atoms with Crippen LogP contribution in [0, 0.1) is 0 Å². The van der Waals surface area contributed by atoms with Crippen LogP contribution in [0.25, 0.3) is 0 Å². The fraction of sp³-hybridized carbons (Fsp3) is 0.400. The van der Waals surface area contributed by atoms with E-state index in [9.17, 15) is 10.2 Å². The normalized spacial score (nSPS) is 20.8. The van der Waals surface area contributed by atoms with E-state index in [0.717, 1.165) is 24.2 Å². The molecule has 1 heterocycles. The zero-order valence-corrected chi connectivity index (χ0v) is 13.6. The zero-order valence-electron chi connectivity index (χ0n) is 13.6. The van der Waals surface area contributed by atoms with Crippen LogP contribution in [0.3, 0.4) is 0 Å². The van der Waals surface area contributed by atoms with Crippen molar-refractivity contribution in [2.24, 2.45) is 0 Å². The Labute approximate surface area is 138 Å². The van der Waals surface area contributed by atoms with E-state index in [1.54, 1.807) is 0 Å². The van der Waals surface area contributed by atoms with Gasteiger partial charge in [0.1, 0.15) is 0 Å². The van der Waals surface area contributed by atoms with Gasteiger partial charge in [0.15, 0.2) is 0 Å². The van der Waals surface area contributed by atoms with Crippen molar-refractivity contribution in [1.29, 1.82) is 0 Å². The Morgan fingerprint density at radius 2 is 1.43 bits per heavy atom. The fourth-order valence-corrected chi connectivity index (χ4v) is 3.47. The van der Waals surface area contributed by atoms with Gasteiger partial charge in [-0.2, -0.15) is 0 Å². The minimum atomic E-state index is -0.741. The maximum atomic E-state index is 10.9. The number of nitrogens with zero attached hydrogens (tertiary/aromatic N) is 1. The molecule has 23 heavy (non-hydrogen) atoms. The molecule has 2 aromatic carbocycles. The molecule has 0 aliphatic carbocycles. The first kappa shape index (κ1) is 16.2. The largest absolute Gasteiger partial charge is 0.387 e. The first-order valence-electron chi connectivity index (χ1n) is 8.35. The third-order valence-corrected chi connectivity index (χ3v) is 5.11. The van der Waals surface area contributed by atoms with Crippen molar-refractivity contribution in [3.63, 3.8) is 0 Å². The lowest BCUT2D eigenvalue weighted by Crippen LogP contribution is -2.47. The number of piperidine rings is 1. The maximum absolute atomic E-state index is 10.9. The van der Waals surface area contributed by atoms with E-state index < -0.39 is 11.7 Å². The molecule has 0 bridgehead atoms. The van der Waals surface area contributed by atoms with E-state index >= 15 is 0 Å². The lowest BCUT2D eigenvalue weighted by molar-refractivity contribution is -0.0501. The fourth-order valence-electron chi connectivity index (χ4n) is 3.47. The summed E-state index contributed by atoms with van der Waals surface area (Å²) >= 11 is 0. The SMILES string of the molecule is C[C@H]([C@@H](O)c1ccccc1)N1CCC(O)(c2ccccc2)CC1. The van der Waals surface area contributed by atoms with E-state index in [0.29, 0.717) is 12.8 Å². The van der Waals surface area contributed by atoms with Crippen LogP contribution in [0.15, 0.2) is 60.7 Å². The molecule has 122 valence electrons. The molecule has 3 rings (SSSR count).